The van der Waals surface area contributed by atoms with E-state index in [0.717, 1.165) is 95.9 Å². The predicted octanol–water partition coefficient (Wildman–Crippen LogP) is 14.8. The van der Waals surface area contributed by atoms with Crippen molar-refractivity contribution in [3.63, 3.8) is 0 Å². The Kier molecular flexibility index (Phi) is 31.9. The maximum atomic E-state index is 9.93. The Balaban J connectivity index is 0.000000281. The molecule has 0 radical (unpaired) electrons. The zero-order valence-corrected chi connectivity index (χ0v) is 59.8. The second kappa shape index (κ2) is 41.1. The number of rotatable bonds is 42. The van der Waals surface area contributed by atoms with E-state index < -0.39 is 0 Å². The highest BCUT2D eigenvalue weighted by atomic mass is 16.6. The Morgan fingerprint density at radius 2 is 0.440 bits per heavy atom. The summed E-state index contributed by atoms with van der Waals surface area (Å²) in [5.41, 5.74) is 8.13. The highest BCUT2D eigenvalue weighted by Gasteiger charge is 2.27. The molecule has 0 amide bonds. The van der Waals surface area contributed by atoms with Crippen LogP contribution in [0.25, 0.3) is 0 Å². The van der Waals surface area contributed by atoms with Gasteiger partial charge in [0.05, 0.1) is 125 Å². The fraction of sp³-hybridized carbons (Fsp3) is 0.400. The van der Waals surface area contributed by atoms with Crippen LogP contribution in [0.2, 0.25) is 0 Å². The average molecular weight is 1380 g/mol. The Bertz CT molecular complexity index is 3350. The minimum atomic E-state index is 0.130. The van der Waals surface area contributed by atoms with Crippen LogP contribution in [-0.4, -0.2) is 132 Å². The molecule has 100 heavy (non-hydrogen) atoms. The minimum absolute atomic E-state index is 0.130. The van der Waals surface area contributed by atoms with Crippen LogP contribution in [0, 0.1) is 23.7 Å². The summed E-state index contributed by atoms with van der Waals surface area (Å²) < 4.78 is 91.2. The summed E-state index contributed by atoms with van der Waals surface area (Å²) in [5, 5.41) is 39.7. The number of methoxy groups -OCH3 is 12. The third-order valence-corrected chi connectivity index (χ3v) is 17.4. The monoisotopic (exact) mass is 1380 g/mol. The molecule has 0 saturated carbocycles. The lowest BCUT2D eigenvalue weighted by Gasteiger charge is -2.28. The van der Waals surface area contributed by atoms with Crippen molar-refractivity contribution in [1.82, 2.24) is 0 Å². The van der Waals surface area contributed by atoms with E-state index in [4.69, 9.17) is 75.8 Å². The topological polar surface area (TPSA) is 229 Å². The molecule has 20 heteroatoms. The van der Waals surface area contributed by atoms with E-state index in [9.17, 15) is 20.4 Å². The lowest BCUT2D eigenvalue weighted by atomic mass is 9.80. The largest absolute Gasteiger partial charge is 0.508 e. The molecule has 4 atom stereocenters. The standard InChI is InChI=1S/2C40H50O10/c2*1-43-35-20-29(21-36(44-2)39(35)47-5)24-49-17-7-8-31(18-27-9-13-33(41)14-10-27)32(19-28-11-15-34(42)16-12-28)26-50-25-30-22-37(45-3)40(48-6)38(23-30)46-4/h2*9-16,20-23,31-32,41-42H,7-8,17-19,24-26H2,1-6H3/t2*31-,32+/m10/s1. The Morgan fingerprint density at radius 1 is 0.240 bits per heavy atom. The number of hydrogen-bond acceptors (Lipinski definition) is 20. The summed E-state index contributed by atoms with van der Waals surface area (Å²) in [6, 6.07) is 44.7. The molecule has 0 bridgehead atoms. The molecule has 0 aliphatic heterocycles. The number of benzene rings is 8. The van der Waals surface area contributed by atoms with E-state index in [0.29, 0.717) is 122 Å². The summed E-state index contributed by atoms with van der Waals surface area (Å²) in [7, 11) is 19.1. The van der Waals surface area contributed by atoms with Gasteiger partial charge in [0.15, 0.2) is 46.0 Å². The predicted molar refractivity (Wildman–Crippen MR) is 383 cm³/mol. The molecule has 540 valence electrons. The molecule has 8 rings (SSSR count). The molecule has 8 aromatic rings. The van der Waals surface area contributed by atoms with Gasteiger partial charge in [-0.1, -0.05) is 48.5 Å². The van der Waals surface area contributed by atoms with Gasteiger partial charge < -0.3 is 96.2 Å². The van der Waals surface area contributed by atoms with E-state index in [-0.39, 0.29) is 46.7 Å². The Morgan fingerprint density at radius 3 is 0.640 bits per heavy atom. The molecule has 4 N–H and O–H groups in total. The number of phenolic OH excluding ortho intramolecular Hbond substituents is 4. The maximum Gasteiger partial charge on any atom is 0.203 e. The first-order valence-corrected chi connectivity index (χ1v) is 33.2. The molecule has 20 nitrogen and oxygen atoms in total. The summed E-state index contributed by atoms with van der Waals surface area (Å²) in [6.45, 7) is 3.60. The molecular weight excluding hydrogens is 1280 g/mol. The van der Waals surface area contributed by atoms with Gasteiger partial charge in [0.1, 0.15) is 23.0 Å². The second-order valence-electron chi connectivity index (χ2n) is 24.1. The van der Waals surface area contributed by atoms with E-state index in [1.807, 2.05) is 97.1 Å². The SMILES string of the molecule is COc1cc(COCCC[C@@H](Cc2ccc(O)cc2)[C@@H](COCc2cc(OC)c(OC)c(OC)c2)Cc2ccc(O)cc2)cc(OC)c1OC.COc1cc(COCCC[C@H](Cc2ccc(O)cc2)[C@H](COCc2cc(OC)c(OC)c(OC)c2)Cc2ccc(O)cc2)cc(OC)c1OC. The van der Waals surface area contributed by atoms with Crippen molar-refractivity contribution >= 4 is 0 Å². The summed E-state index contributed by atoms with van der Waals surface area (Å²) >= 11 is 0. The lowest BCUT2D eigenvalue weighted by molar-refractivity contribution is 0.0578. The van der Waals surface area contributed by atoms with Crippen LogP contribution in [0.1, 0.15) is 70.2 Å². The van der Waals surface area contributed by atoms with Gasteiger partial charge in [0.2, 0.25) is 23.0 Å². The van der Waals surface area contributed by atoms with Crippen molar-refractivity contribution in [2.45, 2.75) is 77.8 Å². The van der Waals surface area contributed by atoms with Crippen molar-refractivity contribution in [2.75, 3.05) is 112 Å². The zero-order chi connectivity index (χ0) is 71.8. The van der Waals surface area contributed by atoms with Crippen molar-refractivity contribution in [3.05, 3.63) is 190 Å². The van der Waals surface area contributed by atoms with E-state index >= 15 is 0 Å². The Labute approximate surface area is 589 Å². The van der Waals surface area contributed by atoms with E-state index in [2.05, 4.69) is 0 Å². The third-order valence-electron chi connectivity index (χ3n) is 17.4. The van der Waals surface area contributed by atoms with Crippen molar-refractivity contribution in [3.8, 4) is 92.0 Å². The van der Waals surface area contributed by atoms with Gasteiger partial charge in [-0.15, -0.1) is 0 Å². The number of phenols is 4. The first-order chi connectivity index (χ1) is 48.6. The zero-order valence-electron chi connectivity index (χ0n) is 59.8. The quantitative estimate of drug-likeness (QED) is 0.0261. The van der Waals surface area contributed by atoms with Crippen molar-refractivity contribution in [1.29, 1.82) is 0 Å². The molecule has 8 aromatic carbocycles. The summed E-state index contributed by atoms with van der Waals surface area (Å²) in [4.78, 5) is 0. The van der Waals surface area contributed by atoms with Crippen LogP contribution in [-0.2, 0) is 71.1 Å². The second-order valence-corrected chi connectivity index (χ2v) is 24.1. The van der Waals surface area contributed by atoms with Crippen LogP contribution in [0.4, 0.5) is 0 Å². The fourth-order valence-corrected chi connectivity index (χ4v) is 12.3. The number of ether oxygens (including phenoxy) is 16. The molecular formula is C80H100O20. The van der Waals surface area contributed by atoms with E-state index in [1.54, 1.807) is 134 Å². The first kappa shape index (κ1) is 77.7. The molecule has 0 spiro atoms. The first-order valence-electron chi connectivity index (χ1n) is 33.2. The molecule has 0 heterocycles. The maximum absolute atomic E-state index is 9.93. The van der Waals surface area contributed by atoms with Crippen LogP contribution in [0.5, 0.6) is 92.0 Å². The highest BCUT2D eigenvalue weighted by molar-refractivity contribution is 5.56. The van der Waals surface area contributed by atoms with Gasteiger partial charge in [-0.05, 0) is 217 Å². The molecule has 0 aliphatic carbocycles. The van der Waals surface area contributed by atoms with Gasteiger partial charge in [0.25, 0.3) is 0 Å². The highest BCUT2D eigenvalue weighted by Crippen LogP contribution is 2.43. The molecule has 0 aromatic heterocycles. The number of aromatic hydroxyl groups is 4. The van der Waals surface area contributed by atoms with Crippen LogP contribution < -0.4 is 56.8 Å². The molecule has 0 fully saturated rings. The lowest BCUT2D eigenvalue weighted by Crippen LogP contribution is -2.25. The van der Waals surface area contributed by atoms with Gasteiger partial charge in [0, 0.05) is 13.2 Å². The van der Waals surface area contributed by atoms with E-state index in [1.165, 1.54) is 0 Å². The summed E-state index contributed by atoms with van der Waals surface area (Å²) in [5.74, 6) is 8.42. The average Bonchev–Trinajstić information content (AvgIpc) is 0.850. The minimum Gasteiger partial charge on any atom is -0.508 e. The van der Waals surface area contributed by atoms with Crippen LogP contribution in [0.15, 0.2) is 146 Å². The molecule has 0 aliphatic rings. The molecule has 0 saturated heterocycles. The Hall–Kier alpha value is -9.60. The normalized spacial score (nSPS) is 12.2. The van der Waals surface area contributed by atoms with Crippen LogP contribution in [0.3, 0.4) is 0 Å². The van der Waals surface area contributed by atoms with Gasteiger partial charge in [-0.3, -0.25) is 0 Å². The third kappa shape index (κ3) is 23.3. The van der Waals surface area contributed by atoms with Gasteiger partial charge in [-0.25, -0.2) is 0 Å². The smallest absolute Gasteiger partial charge is 0.203 e. The summed E-state index contributed by atoms with van der Waals surface area (Å²) in [6.07, 6.45) is 6.51. The fourth-order valence-electron chi connectivity index (χ4n) is 12.3. The van der Waals surface area contributed by atoms with Gasteiger partial charge in [-0.2, -0.15) is 0 Å². The molecule has 0 unspecified atom stereocenters. The number of hydrogen-bond donors (Lipinski definition) is 4. The van der Waals surface area contributed by atoms with Crippen molar-refractivity contribution in [2.24, 2.45) is 23.7 Å². The van der Waals surface area contributed by atoms with Gasteiger partial charge >= 0.3 is 0 Å². The van der Waals surface area contributed by atoms with Crippen LogP contribution >= 0.6 is 0 Å². The van der Waals surface area contributed by atoms with Crippen molar-refractivity contribution < 1.29 is 96.2 Å².